The Morgan fingerprint density at radius 1 is 1.19 bits per heavy atom. The lowest BCUT2D eigenvalue weighted by Gasteiger charge is -2.09. The van der Waals surface area contributed by atoms with Crippen LogP contribution in [0.2, 0.25) is 0 Å². The number of nitrogens with one attached hydrogen (secondary N) is 1. The summed E-state index contributed by atoms with van der Waals surface area (Å²) in [5, 5.41) is 10.5. The van der Waals surface area contributed by atoms with Gasteiger partial charge in [-0.25, -0.2) is 0 Å². The predicted octanol–water partition coefficient (Wildman–Crippen LogP) is 1.53. The summed E-state index contributed by atoms with van der Waals surface area (Å²) < 4.78 is 11.7. The summed E-state index contributed by atoms with van der Waals surface area (Å²) in [6.45, 7) is 1.94. The van der Waals surface area contributed by atoms with Crippen molar-refractivity contribution < 1.29 is 13.9 Å². The van der Waals surface area contributed by atoms with Crippen LogP contribution in [0.1, 0.15) is 11.5 Å². The normalized spacial score (nSPS) is 10.5. The summed E-state index contributed by atoms with van der Waals surface area (Å²) >= 11 is 0. The quantitative estimate of drug-likeness (QED) is 0.721. The van der Waals surface area contributed by atoms with E-state index in [0.29, 0.717) is 23.9 Å². The number of aromatic nitrogens is 3. The van der Waals surface area contributed by atoms with Crippen molar-refractivity contribution in [2.24, 2.45) is 0 Å². The highest BCUT2D eigenvalue weighted by Crippen LogP contribution is 2.15. The molecule has 0 aliphatic heterocycles. The molecule has 0 bridgehead atoms. The van der Waals surface area contributed by atoms with Gasteiger partial charge in [-0.2, -0.15) is 0 Å². The number of hydrogen-bond acceptors (Lipinski definition) is 6. The van der Waals surface area contributed by atoms with Crippen LogP contribution in [0.25, 0.3) is 11.5 Å². The van der Waals surface area contributed by atoms with Crippen LogP contribution in [0.3, 0.4) is 0 Å². The Morgan fingerprint density at radius 3 is 2.62 bits per heavy atom. The maximum absolute atomic E-state index is 12.2. The van der Waals surface area contributed by atoms with E-state index in [4.69, 9.17) is 9.15 Å². The fraction of sp³-hybridized carbons (Fsp3) is 0.222. The highest BCUT2D eigenvalue weighted by atomic mass is 16.5. The number of carbonyl (C=O) groups is 1. The van der Waals surface area contributed by atoms with Crippen molar-refractivity contribution in [3.05, 3.63) is 64.4 Å². The number of methoxy groups -OCH3 is 1. The number of ether oxygens (including phenoxy) is 1. The van der Waals surface area contributed by atoms with E-state index in [1.165, 1.54) is 16.8 Å². The second-order valence-electron chi connectivity index (χ2n) is 5.63. The van der Waals surface area contributed by atoms with Gasteiger partial charge in [-0.05, 0) is 23.8 Å². The fourth-order valence-electron chi connectivity index (χ4n) is 2.35. The van der Waals surface area contributed by atoms with Gasteiger partial charge in [-0.3, -0.25) is 9.59 Å². The van der Waals surface area contributed by atoms with Gasteiger partial charge in [0.05, 0.1) is 12.7 Å². The number of aryl methyl sites for hydroxylation is 1. The number of nitrogens with zero attached hydrogens (tertiary/aromatic N) is 3. The van der Waals surface area contributed by atoms with Crippen molar-refractivity contribution in [1.29, 1.82) is 0 Å². The zero-order valence-electron chi connectivity index (χ0n) is 14.4. The minimum atomic E-state index is -0.287. The van der Waals surface area contributed by atoms with Crippen molar-refractivity contribution in [3.8, 4) is 17.2 Å². The van der Waals surface area contributed by atoms with Crippen LogP contribution in [-0.2, 0) is 17.9 Å². The van der Waals surface area contributed by atoms with Crippen molar-refractivity contribution in [2.75, 3.05) is 7.11 Å². The van der Waals surface area contributed by atoms with Gasteiger partial charge in [0.2, 0.25) is 17.7 Å². The summed E-state index contributed by atoms with van der Waals surface area (Å²) in [6.07, 6.45) is 1.53. The summed E-state index contributed by atoms with van der Waals surface area (Å²) in [5.74, 6) is 1.20. The molecule has 1 N–H and O–H groups in total. The van der Waals surface area contributed by atoms with Gasteiger partial charge in [0.15, 0.2) is 0 Å². The molecule has 0 aliphatic rings. The number of hydrogen-bond donors (Lipinski definition) is 1. The van der Waals surface area contributed by atoms with Gasteiger partial charge in [0.25, 0.3) is 5.56 Å². The van der Waals surface area contributed by atoms with Crippen molar-refractivity contribution in [3.63, 3.8) is 0 Å². The van der Waals surface area contributed by atoms with Crippen LogP contribution in [0.5, 0.6) is 5.75 Å². The molecule has 0 aliphatic carbocycles. The Kier molecular flexibility index (Phi) is 5.12. The highest BCUT2D eigenvalue weighted by Gasteiger charge is 2.10. The predicted molar refractivity (Wildman–Crippen MR) is 93.6 cm³/mol. The number of pyridine rings is 1. The Bertz CT molecular complexity index is 960. The van der Waals surface area contributed by atoms with E-state index in [0.717, 1.165) is 11.3 Å². The van der Waals surface area contributed by atoms with Crippen LogP contribution < -0.4 is 15.6 Å². The number of rotatable bonds is 6. The van der Waals surface area contributed by atoms with Gasteiger partial charge in [0.1, 0.15) is 12.3 Å². The Hall–Kier alpha value is -3.42. The summed E-state index contributed by atoms with van der Waals surface area (Å²) in [6, 6.07) is 10.3. The Morgan fingerprint density at radius 2 is 1.96 bits per heavy atom. The summed E-state index contributed by atoms with van der Waals surface area (Å²) in [7, 11) is 1.60. The maximum atomic E-state index is 12.2. The molecule has 0 unspecified atom stereocenters. The molecular formula is C18H18N4O4. The first-order chi connectivity index (χ1) is 12.5. The first-order valence-electron chi connectivity index (χ1n) is 7.96. The van der Waals surface area contributed by atoms with Crippen LogP contribution in [0, 0.1) is 6.92 Å². The third-order valence-corrected chi connectivity index (χ3v) is 3.72. The maximum Gasteiger partial charge on any atom is 0.251 e. The molecular weight excluding hydrogens is 336 g/mol. The lowest BCUT2D eigenvalue weighted by atomic mass is 10.2. The summed E-state index contributed by atoms with van der Waals surface area (Å²) in [5.41, 5.74) is 1.22. The second kappa shape index (κ2) is 7.64. The van der Waals surface area contributed by atoms with Gasteiger partial charge in [-0.15, -0.1) is 10.2 Å². The summed E-state index contributed by atoms with van der Waals surface area (Å²) in [4.78, 5) is 24.2. The Labute approximate surface area is 149 Å². The van der Waals surface area contributed by atoms with Gasteiger partial charge in [-0.1, -0.05) is 12.1 Å². The molecule has 8 heteroatoms. The third kappa shape index (κ3) is 4.15. The van der Waals surface area contributed by atoms with Crippen LogP contribution in [-0.4, -0.2) is 27.8 Å². The average Bonchev–Trinajstić information content (AvgIpc) is 3.08. The van der Waals surface area contributed by atoms with E-state index in [2.05, 4.69) is 15.5 Å². The third-order valence-electron chi connectivity index (χ3n) is 3.72. The molecule has 0 fully saturated rings. The molecule has 3 rings (SSSR count). The number of amides is 1. The van der Waals surface area contributed by atoms with E-state index < -0.39 is 0 Å². The largest absolute Gasteiger partial charge is 0.497 e. The minimum absolute atomic E-state index is 0.101. The first-order valence-corrected chi connectivity index (χ1v) is 7.96. The monoisotopic (exact) mass is 354 g/mol. The molecule has 0 saturated heterocycles. The molecule has 134 valence electrons. The van der Waals surface area contributed by atoms with E-state index in [-0.39, 0.29) is 18.0 Å². The lowest BCUT2D eigenvalue weighted by molar-refractivity contribution is -0.121. The molecule has 8 nitrogen and oxygen atoms in total. The topological polar surface area (TPSA) is 99.2 Å². The minimum Gasteiger partial charge on any atom is -0.497 e. The SMILES string of the molecule is COc1ccc(CNC(=O)Cn2cc(-c3nnc(C)o3)ccc2=O)cc1. The standard InChI is InChI=1S/C18H18N4O4/c1-12-20-21-18(26-12)14-5-8-17(24)22(10-14)11-16(23)19-9-13-3-6-15(25-2)7-4-13/h3-8,10H,9,11H2,1-2H3,(H,19,23). The molecule has 3 aromatic rings. The fourth-order valence-corrected chi connectivity index (χ4v) is 2.35. The smallest absolute Gasteiger partial charge is 0.251 e. The highest BCUT2D eigenvalue weighted by molar-refractivity contribution is 5.75. The van der Waals surface area contributed by atoms with Gasteiger partial charge < -0.3 is 19.0 Å². The zero-order valence-corrected chi connectivity index (χ0v) is 14.4. The van der Waals surface area contributed by atoms with Gasteiger partial charge >= 0.3 is 0 Å². The van der Waals surface area contributed by atoms with Gasteiger partial charge in [0, 0.05) is 25.7 Å². The molecule has 0 saturated carbocycles. The Balaban J connectivity index is 1.65. The van der Waals surface area contributed by atoms with Crippen LogP contribution in [0.4, 0.5) is 0 Å². The molecule has 26 heavy (non-hydrogen) atoms. The van der Waals surface area contributed by atoms with E-state index in [9.17, 15) is 9.59 Å². The molecule has 1 aromatic carbocycles. The molecule has 0 atom stereocenters. The van der Waals surface area contributed by atoms with Crippen molar-refractivity contribution >= 4 is 5.91 Å². The molecule has 2 aromatic heterocycles. The zero-order chi connectivity index (χ0) is 18.5. The van der Waals surface area contributed by atoms with E-state index >= 15 is 0 Å². The molecule has 2 heterocycles. The molecule has 0 spiro atoms. The van der Waals surface area contributed by atoms with Crippen molar-refractivity contribution in [2.45, 2.75) is 20.0 Å². The van der Waals surface area contributed by atoms with E-state index in [1.807, 2.05) is 24.3 Å². The number of benzene rings is 1. The van der Waals surface area contributed by atoms with Crippen molar-refractivity contribution in [1.82, 2.24) is 20.1 Å². The average molecular weight is 354 g/mol. The molecule has 1 amide bonds. The lowest BCUT2D eigenvalue weighted by Crippen LogP contribution is -2.31. The van der Waals surface area contributed by atoms with Crippen LogP contribution in [0.15, 0.2) is 51.8 Å². The van der Waals surface area contributed by atoms with E-state index in [1.54, 1.807) is 20.1 Å². The number of carbonyl (C=O) groups excluding carboxylic acids is 1. The van der Waals surface area contributed by atoms with Crippen LogP contribution >= 0.6 is 0 Å². The first kappa shape index (κ1) is 17.4. The molecule has 0 radical (unpaired) electrons. The second-order valence-corrected chi connectivity index (χ2v) is 5.63.